The van der Waals surface area contributed by atoms with Gasteiger partial charge < -0.3 is 10.3 Å². The van der Waals surface area contributed by atoms with E-state index in [0.717, 1.165) is 47.1 Å². The summed E-state index contributed by atoms with van der Waals surface area (Å²) in [5, 5.41) is 4.60. The van der Waals surface area contributed by atoms with Crippen LogP contribution >= 0.6 is 23.2 Å². The van der Waals surface area contributed by atoms with Crippen molar-refractivity contribution in [3.8, 4) is 0 Å². The van der Waals surface area contributed by atoms with Crippen LogP contribution in [0.2, 0.25) is 10.2 Å². The normalized spacial score (nSPS) is 10.8. The summed E-state index contributed by atoms with van der Waals surface area (Å²) < 4.78 is 0. The maximum Gasteiger partial charge on any atom is 0.152 e. The average molecular weight is 312 g/mol. The van der Waals surface area contributed by atoms with E-state index in [4.69, 9.17) is 23.2 Å². The van der Waals surface area contributed by atoms with Gasteiger partial charge >= 0.3 is 0 Å². The van der Waals surface area contributed by atoms with Crippen molar-refractivity contribution in [2.75, 3.05) is 5.32 Å². The van der Waals surface area contributed by atoms with Crippen molar-refractivity contribution < 1.29 is 0 Å². The molecule has 3 nitrogen and oxygen atoms in total. The van der Waals surface area contributed by atoms with Gasteiger partial charge in [0.2, 0.25) is 0 Å². The van der Waals surface area contributed by atoms with E-state index in [-0.39, 0.29) is 0 Å². The molecule has 20 heavy (non-hydrogen) atoms. The lowest BCUT2D eigenvalue weighted by molar-refractivity contribution is 0.760. The average Bonchev–Trinajstić information content (AvgIpc) is 2.78. The Bertz CT molecular complexity index is 578. The minimum Gasteiger partial charge on any atom is -0.379 e. The van der Waals surface area contributed by atoms with Crippen molar-refractivity contribution in [3.63, 3.8) is 0 Å². The van der Waals surface area contributed by atoms with Gasteiger partial charge in [0.25, 0.3) is 0 Å². The number of H-pyrrole nitrogens is 1. The Morgan fingerprint density at radius 2 is 2.10 bits per heavy atom. The molecule has 1 aromatic heterocycles. The number of rotatable bonds is 6. The summed E-state index contributed by atoms with van der Waals surface area (Å²) in [6.45, 7) is 4.81. The molecule has 2 rings (SSSR count). The van der Waals surface area contributed by atoms with Crippen molar-refractivity contribution in [3.05, 3.63) is 45.5 Å². The van der Waals surface area contributed by atoms with E-state index in [2.05, 4.69) is 22.2 Å². The standard InChI is InChI=1S/C15H19Cl2N3/c1-3-4-5-14-19-13(15(17)20-14)9-18-12-8-11(16)7-6-10(12)2/h6-8,18H,3-5,9H2,1-2H3,(H,19,20). The van der Waals surface area contributed by atoms with Gasteiger partial charge in [-0.1, -0.05) is 42.6 Å². The highest BCUT2D eigenvalue weighted by Gasteiger charge is 2.08. The summed E-state index contributed by atoms with van der Waals surface area (Å²) in [5.74, 6) is 0.955. The molecule has 0 fully saturated rings. The first-order valence-corrected chi connectivity index (χ1v) is 7.59. The summed E-state index contributed by atoms with van der Waals surface area (Å²) in [6.07, 6.45) is 3.20. The van der Waals surface area contributed by atoms with E-state index >= 15 is 0 Å². The van der Waals surface area contributed by atoms with Crippen LogP contribution < -0.4 is 5.32 Å². The van der Waals surface area contributed by atoms with Crippen LogP contribution in [0, 0.1) is 6.92 Å². The molecule has 2 N–H and O–H groups in total. The molecule has 0 aliphatic rings. The predicted molar refractivity (Wildman–Crippen MR) is 85.7 cm³/mol. The Morgan fingerprint density at radius 3 is 2.85 bits per heavy atom. The molecule has 0 spiro atoms. The van der Waals surface area contributed by atoms with E-state index in [1.54, 1.807) is 0 Å². The Kier molecular flexibility index (Phi) is 5.32. The molecule has 0 amide bonds. The van der Waals surface area contributed by atoms with Crippen LogP contribution in [-0.2, 0) is 13.0 Å². The zero-order valence-electron chi connectivity index (χ0n) is 11.8. The molecule has 0 saturated heterocycles. The number of halogens is 2. The summed E-state index contributed by atoms with van der Waals surface area (Å²) >= 11 is 12.2. The second-order valence-electron chi connectivity index (χ2n) is 4.87. The van der Waals surface area contributed by atoms with Crippen LogP contribution in [0.25, 0.3) is 0 Å². The Labute approximate surface area is 129 Å². The summed E-state index contributed by atoms with van der Waals surface area (Å²) in [5.41, 5.74) is 3.08. The van der Waals surface area contributed by atoms with Crippen molar-refractivity contribution in [1.29, 1.82) is 0 Å². The highest BCUT2D eigenvalue weighted by Crippen LogP contribution is 2.22. The summed E-state index contributed by atoms with van der Waals surface area (Å²) in [7, 11) is 0. The number of aromatic nitrogens is 2. The first kappa shape index (κ1) is 15.2. The lowest BCUT2D eigenvalue weighted by Gasteiger charge is -2.09. The molecule has 1 heterocycles. The summed E-state index contributed by atoms with van der Waals surface area (Å²) in [4.78, 5) is 7.63. The monoisotopic (exact) mass is 311 g/mol. The van der Waals surface area contributed by atoms with Crippen molar-refractivity contribution >= 4 is 28.9 Å². The molecule has 2 aromatic rings. The largest absolute Gasteiger partial charge is 0.379 e. The maximum atomic E-state index is 6.15. The van der Waals surface area contributed by atoms with Crippen LogP contribution in [0.5, 0.6) is 0 Å². The number of hydrogen-bond acceptors (Lipinski definition) is 2. The predicted octanol–water partition coefficient (Wildman–Crippen LogP) is 4.98. The minimum absolute atomic E-state index is 0.545. The molecular weight excluding hydrogens is 293 g/mol. The number of benzene rings is 1. The van der Waals surface area contributed by atoms with Gasteiger partial charge in [0.1, 0.15) is 5.82 Å². The molecule has 0 aliphatic heterocycles. The van der Waals surface area contributed by atoms with Gasteiger partial charge in [-0.05, 0) is 31.0 Å². The second kappa shape index (κ2) is 7.00. The van der Waals surface area contributed by atoms with Crippen molar-refractivity contribution in [1.82, 2.24) is 9.97 Å². The Morgan fingerprint density at radius 1 is 1.30 bits per heavy atom. The number of nitrogens with one attached hydrogen (secondary N) is 2. The number of hydrogen-bond donors (Lipinski definition) is 2. The highest BCUT2D eigenvalue weighted by atomic mass is 35.5. The number of unbranched alkanes of at least 4 members (excludes halogenated alkanes) is 1. The first-order valence-electron chi connectivity index (χ1n) is 6.83. The fourth-order valence-corrected chi connectivity index (χ4v) is 2.38. The van der Waals surface area contributed by atoms with Gasteiger partial charge in [-0.2, -0.15) is 0 Å². The second-order valence-corrected chi connectivity index (χ2v) is 5.66. The highest BCUT2D eigenvalue weighted by molar-refractivity contribution is 6.31. The van der Waals surface area contributed by atoms with Gasteiger partial charge in [-0.25, -0.2) is 4.98 Å². The number of nitrogens with zero attached hydrogens (tertiary/aromatic N) is 1. The molecule has 0 bridgehead atoms. The molecule has 0 saturated carbocycles. The molecule has 5 heteroatoms. The van der Waals surface area contributed by atoms with Gasteiger partial charge in [-0.3, -0.25) is 0 Å². The van der Waals surface area contributed by atoms with Crippen molar-refractivity contribution in [2.45, 2.75) is 39.7 Å². The van der Waals surface area contributed by atoms with Crippen molar-refractivity contribution in [2.24, 2.45) is 0 Å². The summed E-state index contributed by atoms with van der Waals surface area (Å²) in [6, 6.07) is 5.79. The Hall–Kier alpha value is -1.19. The first-order chi connectivity index (χ1) is 9.60. The quantitative estimate of drug-likeness (QED) is 0.790. The zero-order valence-corrected chi connectivity index (χ0v) is 13.3. The molecule has 0 radical (unpaired) electrons. The maximum absolute atomic E-state index is 6.15. The van der Waals surface area contributed by atoms with Gasteiger partial charge in [0.05, 0.1) is 12.2 Å². The van der Waals surface area contributed by atoms with Crippen LogP contribution in [0.4, 0.5) is 5.69 Å². The number of imidazole rings is 1. The van der Waals surface area contributed by atoms with Crippen LogP contribution in [0.3, 0.4) is 0 Å². The molecule has 108 valence electrons. The van der Waals surface area contributed by atoms with E-state index in [1.807, 2.05) is 25.1 Å². The molecule has 0 aliphatic carbocycles. The third-order valence-electron chi connectivity index (χ3n) is 3.20. The minimum atomic E-state index is 0.545. The third-order valence-corrected chi connectivity index (χ3v) is 3.75. The van der Waals surface area contributed by atoms with Crippen LogP contribution in [0.15, 0.2) is 18.2 Å². The zero-order chi connectivity index (χ0) is 14.5. The van der Waals surface area contributed by atoms with E-state index in [0.29, 0.717) is 11.7 Å². The van der Waals surface area contributed by atoms with E-state index < -0.39 is 0 Å². The van der Waals surface area contributed by atoms with Gasteiger partial charge in [-0.15, -0.1) is 0 Å². The fraction of sp³-hybridized carbons (Fsp3) is 0.400. The third kappa shape index (κ3) is 3.90. The Balaban J connectivity index is 2.03. The lowest BCUT2D eigenvalue weighted by atomic mass is 10.2. The smallest absolute Gasteiger partial charge is 0.152 e. The van der Waals surface area contributed by atoms with E-state index in [9.17, 15) is 0 Å². The molecular formula is C15H19Cl2N3. The number of anilines is 1. The molecule has 0 atom stereocenters. The van der Waals surface area contributed by atoms with Crippen LogP contribution in [0.1, 0.15) is 36.8 Å². The lowest BCUT2D eigenvalue weighted by Crippen LogP contribution is -2.02. The van der Waals surface area contributed by atoms with Gasteiger partial charge in [0, 0.05) is 17.1 Å². The SMILES string of the molecule is CCCCc1nc(Cl)c(CNc2cc(Cl)ccc2C)[nH]1. The molecule has 0 unspecified atom stereocenters. The van der Waals surface area contributed by atoms with Gasteiger partial charge in [0.15, 0.2) is 5.15 Å². The number of aromatic amines is 1. The fourth-order valence-electron chi connectivity index (χ4n) is 1.99. The molecule has 1 aromatic carbocycles. The topological polar surface area (TPSA) is 40.7 Å². The van der Waals surface area contributed by atoms with E-state index in [1.165, 1.54) is 0 Å². The number of aryl methyl sites for hydroxylation is 2. The van der Waals surface area contributed by atoms with Crippen LogP contribution in [-0.4, -0.2) is 9.97 Å².